The van der Waals surface area contributed by atoms with Gasteiger partial charge in [-0.2, -0.15) is 0 Å². The van der Waals surface area contributed by atoms with Gasteiger partial charge in [-0.15, -0.1) is 0 Å². The van der Waals surface area contributed by atoms with Crippen molar-refractivity contribution in [1.82, 2.24) is 9.55 Å². The van der Waals surface area contributed by atoms with Crippen molar-refractivity contribution in [2.75, 3.05) is 17.2 Å². The molecule has 0 spiro atoms. The van der Waals surface area contributed by atoms with Crippen LogP contribution in [0.25, 0.3) is 0 Å². The van der Waals surface area contributed by atoms with Crippen LogP contribution in [0.1, 0.15) is 16.2 Å². The van der Waals surface area contributed by atoms with Crippen LogP contribution in [0.3, 0.4) is 0 Å². The number of aromatic carboxylic acids is 1. The summed E-state index contributed by atoms with van der Waals surface area (Å²) < 4.78 is 2.10. The number of carboxylic acid groups (broad SMARTS) is 1. The second-order valence-electron chi connectivity index (χ2n) is 4.54. The molecule has 1 aromatic carbocycles. The third kappa shape index (κ3) is 2.01. The van der Waals surface area contributed by atoms with Crippen LogP contribution >= 0.6 is 0 Å². The van der Waals surface area contributed by atoms with Gasteiger partial charge in [-0.1, -0.05) is 0 Å². The molecule has 0 radical (unpaired) electrons. The van der Waals surface area contributed by atoms with Crippen LogP contribution in [-0.2, 0) is 13.1 Å². The van der Waals surface area contributed by atoms with Gasteiger partial charge >= 0.3 is 5.97 Å². The summed E-state index contributed by atoms with van der Waals surface area (Å²) in [7, 11) is 0. The normalized spacial score (nSPS) is 14.2. The highest BCUT2D eigenvalue weighted by molar-refractivity contribution is 5.94. The second kappa shape index (κ2) is 4.31. The summed E-state index contributed by atoms with van der Waals surface area (Å²) in [4.78, 5) is 17.5. The molecule has 0 aliphatic carbocycles. The zero-order valence-electron chi connectivity index (χ0n) is 10.3. The van der Waals surface area contributed by atoms with E-state index in [0.717, 1.165) is 24.6 Å². The molecule has 6 heteroatoms. The minimum absolute atomic E-state index is 0.145. The fraction of sp³-hybridized carbons (Fsp3) is 0.231. The lowest BCUT2D eigenvalue weighted by molar-refractivity contribution is 0.0698. The van der Waals surface area contributed by atoms with Crippen molar-refractivity contribution in [3.8, 4) is 0 Å². The number of fused-ring (bicyclic) bond motifs is 1. The summed E-state index contributed by atoms with van der Waals surface area (Å²) in [5, 5.41) is 9.10. The minimum Gasteiger partial charge on any atom is -0.478 e. The zero-order valence-corrected chi connectivity index (χ0v) is 10.3. The Bertz CT molecular complexity index is 635. The number of anilines is 2. The van der Waals surface area contributed by atoms with Crippen molar-refractivity contribution in [1.29, 1.82) is 0 Å². The van der Waals surface area contributed by atoms with Crippen molar-refractivity contribution in [2.45, 2.75) is 13.1 Å². The van der Waals surface area contributed by atoms with E-state index < -0.39 is 5.97 Å². The van der Waals surface area contributed by atoms with E-state index in [0.29, 0.717) is 6.54 Å². The van der Waals surface area contributed by atoms with E-state index in [4.69, 9.17) is 10.8 Å². The van der Waals surface area contributed by atoms with Crippen LogP contribution in [0, 0.1) is 0 Å². The number of benzene rings is 1. The molecule has 0 saturated carbocycles. The molecule has 3 rings (SSSR count). The number of carbonyl (C=O) groups is 1. The molecule has 6 nitrogen and oxygen atoms in total. The van der Waals surface area contributed by atoms with Crippen LogP contribution in [0.4, 0.5) is 11.4 Å². The van der Waals surface area contributed by atoms with Crippen LogP contribution in [-0.4, -0.2) is 27.2 Å². The number of imidazole rings is 1. The number of hydrogen-bond donors (Lipinski definition) is 2. The molecule has 1 aliphatic heterocycles. The summed E-state index contributed by atoms with van der Waals surface area (Å²) in [5.74, 6) is -0.0159. The molecule has 3 N–H and O–H groups in total. The fourth-order valence-corrected chi connectivity index (χ4v) is 2.32. The van der Waals surface area contributed by atoms with Gasteiger partial charge in [0, 0.05) is 36.9 Å². The number of nitrogen functional groups attached to an aromatic ring is 1. The third-order valence-corrected chi connectivity index (χ3v) is 3.38. The summed E-state index contributed by atoms with van der Waals surface area (Å²) >= 11 is 0. The van der Waals surface area contributed by atoms with Crippen molar-refractivity contribution in [3.63, 3.8) is 0 Å². The van der Waals surface area contributed by atoms with Crippen LogP contribution in [0.15, 0.2) is 30.6 Å². The lowest BCUT2D eigenvalue weighted by atomic mass is 10.1. The number of nitrogens with two attached hydrogens (primary N) is 1. The standard InChI is InChI=1S/C13H14N4O2/c14-11-2-1-9(7-10(11)13(18)19)17-6-5-16-4-3-15-12(16)8-17/h1-4,7H,5-6,8,14H2,(H,18,19). The highest BCUT2D eigenvalue weighted by atomic mass is 16.4. The average molecular weight is 258 g/mol. The maximum Gasteiger partial charge on any atom is 0.337 e. The molecular formula is C13H14N4O2. The van der Waals surface area contributed by atoms with Crippen molar-refractivity contribution < 1.29 is 9.90 Å². The molecule has 0 saturated heterocycles. The largest absolute Gasteiger partial charge is 0.478 e. The van der Waals surface area contributed by atoms with Crippen molar-refractivity contribution in [2.24, 2.45) is 0 Å². The Kier molecular flexibility index (Phi) is 2.63. The Morgan fingerprint density at radius 2 is 2.21 bits per heavy atom. The lowest BCUT2D eigenvalue weighted by Crippen LogP contribution is -2.33. The number of carboxylic acids is 1. The van der Waals surface area contributed by atoms with Gasteiger partial charge in [0.05, 0.1) is 12.1 Å². The van der Waals surface area contributed by atoms with Crippen LogP contribution < -0.4 is 10.6 Å². The van der Waals surface area contributed by atoms with E-state index in [-0.39, 0.29) is 11.3 Å². The van der Waals surface area contributed by atoms with E-state index in [9.17, 15) is 4.79 Å². The van der Waals surface area contributed by atoms with Crippen LogP contribution in [0.5, 0.6) is 0 Å². The average Bonchev–Trinajstić information content (AvgIpc) is 2.86. The molecule has 0 unspecified atom stereocenters. The Hall–Kier alpha value is -2.50. The first-order chi connectivity index (χ1) is 9.15. The quantitative estimate of drug-likeness (QED) is 0.790. The highest BCUT2D eigenvalue weighted by Gasteiger charge is 2.18. The molecule has 2 heterocycles. The van der Waals surface area contributed by atoms with Crippen LogP contribution in [0.2, 0.25) is 0 Å². The van der Waals surface area contributed by atoms with E-state index in [1.165, 1.54) is 0 Å². The third-order valence-electron chi connectivity index (χ3n) is 3.38. The summed E-state index contributed by atoms with van der Waals surface area (Å²) in [6, 6.07) is 5.11. The summed E-state index contributed by atoms with van der Waals surface area (Å²) in [6.45, 7) is 2.35. The van der Waals surface area contributed by atoms with Gasteiger partial charge in [0.2, 0.25) is 0 Å². The summed E-state index contributed by atoms with van der Waals surface area (Å²) in [6.07, 6.45) is 3.74. The monoisotopic (exact) mass is 258 g/mol. The smallest absolute Gasteiger partial charge is 0.337 e. The van der Waals surface area contributed by atoms with Gasteiger partial charge in [-0.05, 0) is 18.2 Å². The SMILES string of the molecule is Nc1ccc(N2CCn3ccnc3C2)cc1C(=O)O. The second-order valence-corrected chi connectivity index (χ2v) is 4.54. The van der Waals surface area contributed by atoms with Gasteiger partial charge in [-0.3, -0.25) is 0 Å². The Morgan fingerprint density at radius 3 is 3.00 bits per heavy atom. The molecular weight excluding hydrogens is 244 g/mol. The van der Waals surface area contributed by atoms with E-state index >= 15 is 0 Å². The highest BCUT2D eigenvalue weighted by Crippen LogP contribution is 2.24. The lowest BCUT2D eigenvalue weighted by Gasteiger charge is -2.29. The van der Waals surface area contributed by atoms with E-state index in [1.807, 2.05) is 12.3 Å². The maximum absolute atomic E-state index is 11.1. The zero-order chi connectivity index (χ0) is 13.4. The molecule has 1 aromatic heterocycles. The molecule has 0 bridgehead atoms. The van der Waals surface area contributed by atoms with Crippen molar-refractivity contribution in [3.05, 3.63) is 42.0 Å². The summed E-state index contributed by atoms with van der Waals surface area (Å²) in [5.41, 5.74) is 6.96. The first-order valence-electron chi connectivity index (χ1n) is 6.03. The minimum atomic E-state index is -1.00. The first kappa shape index (κ1) is 11.6. The first-order valence-corrected chi connectivity index (χ1v) is 6.03. The Morgan fingerprint density at radius 1 is 1.37 bits per heavy atom. The number of nitrogens with zero attached hydrogens (tertiary/aromatic N) is 3. The van der Waals surface area contributed by atoms with Gasteiger partial charge in [0.25, 0.3) is 0 Å². The van der Waals surface area contributed by atoms with Gasteiger partial charge in [0.1, 0.15) is 5.82 Å². The molecule has 0 atom stereocenters. The predicted molar refractivity (Wildman–Crippen MR) is 71.1 cm³/mol. The van der Waals surface area contributed by atoms with Gasteiger partial charge < -0.3 is 20.3 Å². The molecule has 19 heavy (non-hydrogen) atoms. The molecule has 1 aliphatic rings. The maximum atomic E-state index is 11.1. The van der Waals surface area contributed by atoms with Gasteiger partial charge in [0.15, 0.2) is 0 Å². The predicted octanol–water partition coefficient (Wildman–Crippen LogP) is 1.18. The Balaban J connectivity index is 1.92. The molecule has 0 amide bonds. The van der Waals surface area contributed by atoms with E-state index in [1.54, 1.807) is 18.3 Å². The van der Waals surface area contributed by atoms with Crippen molar-refractivity contribution >= 4 is 17.3 Å². The topological polar surface area (TPSA) is 84.4 Å². The number of rotatable bonds is 2. The molecule has 98 valence electrons. The molecule has 0 fully saturated rings. The molecule has 2 aromatic rings. The van der Waals surface area contributed by atoms with E-state index in [2.05, 4.69) is 14.5 Å². The number of aromatic nitrogens is 2. The van der Waals surface area contributed by atoms with Gasteiger partial charge in [-0.25, -0.2) is 9.78 Å². The fourth-order valence-electron chi connectivity index (χ4n) is 2.32. The Labute approximate surface area is 110 Å². The number of hydrogen-bond acceptors (Lipinski definition) is 4.